The zero-order valence-electron chi connectivity index (χ0n) is 15.0. The molecule has 3 aromatic rings. The van der Waals surface area contributed by atoms with Crippen LogP contribution in [-0.2, 0) is 15.6 Å². The van der Waals surface area contributed by atoms with E-state index >= 15 is 0 Å². The molecule has 0 unspecified atom stereocenters. The summed E-state index contributed by atoms with van der Waals surface area (Å²) in [6.45, 7) is 0. The maximum atomic E-state index is 12.5. The molecule has 9 heteroatoms. The van der Waals surface area contributed by atoms with Crippen LogP contribution in [0.4, 0.5) is 5.69 Å². The molecule has 3 N–H and O–H groups in total. The van der Waals surface area contributed by atoms with E-state index in [1.165, 1.54) is 12.1 Å². The smallest absolute Gasteiger partial charge is 0.261 e. The van der Waals surface area contributed by atoms with E-state index in [1.54, 1.807) is 36.4 Å². The fourth-order valence-corrected chi connectivity index (χ4v) is 4.33. The van der Waals surface area contributed by atoms with Gasteiger partial charge in [0.15, 0.2) is 5.82 Å². The van der Waals surface area contributed by atoms with Crippen LogP contribution in [-0.4, -0.2) is 18.6 Å². The van der Waals surface area contributed by atoms with Gasteiger partial charge in [0.1, 0.15) is 0 Å². The number of anilines is 1. The van der Waals surface area contributed by atoms with Crippen LogP contribution in [0.1, 0.15) is 31.5 Å². The highest BCUT2D eigenvalue weighted by Gasteiger charge is 2.36. The summed E-state index contributed by atoms with van der Waals surface area (Å²) in [7, 11) is -3.67. The first-order valence-electron chi connectivity index (χ1n) is 8.78. The number of halogens is 1. The van der Waals surface area contributed by atoms with Gasteiger partial charge in [-0.1, -0.05) is 36.2 Å². The van der Waals surface area contributed by atoms with Gasteiger partial charge in [0.05, 0.1) is 10.4 Å². The average molecular weight is 421 g/mol. The first kappa shape index (κ1) is 20.3. The van der Waals surface area contributed by atoms with E-state index in [9.17, 15) is 8.42 Å². The molecule has 0 amide bonds. The van der Waals surface area contributed by atoms with Gasteiger partial charge in [-0.25, -0.2) is 8.42 Å². The summed E-state index contributed by atoms with van der Waals surface area (Å²) in [6, 6.07) is 15.1. The molecule has 1 aromatic heterocycles. The number of hydrogen-bond donors (Lipinski definition) is 2. The molecule has 0 radical (unpaired) electrons. The zero-order chi connectivity index (χ0) is 18.9. The van der Waals surface area contributed by atoms with Crippen LogP contribution >= 0.6 is 12.4 Å². The molecule has 0 aliphatic heterocycles. The molecule has 1 saturated carbocycles. The molecule has 7 nitrogen and oxygen atoms in total. The number of sulfonamides is 1. The average Bonchev–Trinajstić information content (AvgIpc) is 3.33. The van der Waals surface area contributed by atoms with Gasteiger partial charge >= 0.3 is 0 Å². The zero-order valence-corrected chi connectivity index (χ0v) is 16.7. The van der Waals surface area contributed by atoms with Crippen molar-refractivity contribution in [1.82, 2.24) is 10.1 Å². The predicted molar refractivity (Wildman–Crippen MR) is 109 cm³/mol. The van der Waals surface area contributed by atoms with Crippen molar-refractivity contribution in [3.63, 3.8) is 0 Å². The Morgan fingerprint density at radius 1 is 1.00 bits per heavy atom. The maximum absolute atomic E-state index is 12.5. The Hall–Kier alpha value is -2.42. The SMILES string of the molecule is Cl.NC1(c2noc(-c3ccc(S(=O)(=O)Nc4ccccc4)cc3)n2)CCCC1. The monoisotopic (exact) mass is 420 g/mol. The molecule has 0 spiro atoms. The lowest BCUT2D eigenvalue weighted by Gasteiger charge is -2.17. The van der Waals surface area contributed by atoms with E-state index in [0.717, 1.165) is 25.7 Å². The Bertz CT molecular complexity index is 1030. The van der Waals surface area contributed by atoms with Crippen molar-refractivity contribution in [2.75, 3.05) is 4.72 Å². The van der Waals surface area contributed by atoms with Crippen LogP contribution < -0.4 is 10.5 Å². The van der Waals surface area contributed by atoms with E-state index in [2.05, 4.69) is 14.9 Å². The van der Waals surface area contributed by atoms with Crippen LogP contribution in [0.5, 0.6) is 0 Å². The summed E-state index contributed by atoms with van der Waals surface area (Å²) < 4.78 is 32.9. The molecular formula is C19H21ClN4O3S. The standard InChI is InChI=1S/C19H20N4O3S.ClH/c20-19(12-4-5-13-19)18-21-17(26-22-18)14-8-10-16(11-9-14)27(24,25)23-15-6-2-1-3-7-15;/h1-3,6-11,23H,4-5,12-13,20H2;1H. The summed E-state index contributed by atoms with van der Waals surface area (Å²) in [5.74, 6) is 0.846. The van der Waals surface area contributed by atoms with Gasteiger partial charge in [0.25, 0.3) is 15.9 Å². The summed E-state index contributed by atoms with van der Waals surface area (Å²) >= 11 is 0. The number of nitrogens with one attached hydrogen (secondary N) is 1. The van der Waals surface area contributed by atoms with Crippen molar-refractivity contribution < 1.29 is 12.9 Å². The highest BCUT2D eigenvalue weighted by molar-refractivity contribution is 7.92. The molecule has 1 aliphatic rings. The minimum atomic E-state index is -3.67. The van der Waals surface area contributed by atoms with Gasteiger partial charge in [0.2, 0.25) is 0 Å². The summed E-state index contributed by atoms with van der Waals surface area (Å²) in [4.78, 5) is 4.58. The van der Waals surface area contributed by atoms with Crippen molar-refractivity contribution in [2.24, 2.45) is 5.73 Å². The molecule has 148 valence electrons. The minimum Gasteiger partial charge on any atom is -0.334 e. The van der Waals surface area contributed by atoms with Crippen LogP contribution in [0, 0.1) is 0 Å². The third-order valence-corrected chi connectivity index (χ3v) is 6.20. The highest BCUT2D eigenvalue weighted by Crippen LogP contribution is 2.35. The Balaban J connectivity index is 0.00000225. The lowest BCUT2D eigenvalue weighted by Crippen LogP contribution is -2.34. The lowest BCUT2D eigenvalue weighted by atomic mass is 9.99. The predicted octanol–water partition coefficient (Wildman–Crippen LogP) is 3.69. The summed E-state index contributed by atoms with van der Waals surface area (Å²) in [5, 5.41) is 4.03. The van der Waals surface area contributed by atoms with E-state index in [1.807, 2.05) is 6.07 Å². The first-order valence-corrected chi connectivity index (χ1v) is 10.3. The van der Waals surface area contributed by atoms with Gasteiger partial charge in [-0.3, -0.25) is 4.72 Å². The molecular weight excluding hydrogens is 400 g/mol. The van der Waals surface area contributed by atoms with E-state index in [0.29, 0.717) is 23.0 Å². The first-order chi connectivity index (χ1) is 13.0. The largest absolute Gasteiger partial charge is 0.334 e. The molecule has 0 atom stereocenters. The number of nitrogens with zero attached hydrogens (tertiary/aromatic N) is 2. The second-order valence-electron chi connectivity index (χ2n) is 6.78. The lowest BCUT2D eigenvalue weighted by molar-refractivity contribution is 0.372. The minimum absolute atomic E-state index is 0. The third kappa shape index (κ3) is 4.04. The van der Waals surface area contributed by atoms with Crippen LogP contribution in [0.2, 0.25) is 0 Å². The van der Waals surface area contributed by atoms with Gasteiger partial charge in [0, 0.05) is 11.3 Å². The molecule has 0 saturated heterocycles. The number of benzene rings is 2. The third-order valence-electron chi connectivity index (χ3n) is 4.80. The quantitative estimate of drug-likeness (QED) is 0.651. The van der Waals surface area contributed by atoms with Crippen molar-refractivity contribution >= 4 is 28.1 Å². The number of aromatic nitrogens is 2. The fraction of sp³-hybridized carbons (Fsp3) is 0.263. The molecule has 1 heterocycles. The van der Waals surface area contributed by atoms with Crippen molar-refractivity contribution in [3.8, 4) is 11.5 Å². The number of rotatable bonds is 5. The molecule has 1 fully saturated rings. The van der Waals surface area contributed by atoms with E-state index < -0.39 is 15.6 Å². The number of hydrogen-bond acceptors (Lipinski definition) is 6. The molecule has 28 heavy (non-hydrogen) atoms. The summed E-state index contributed by atoms with van der Waals surface area (Å²) in [6.07, 6.45) is 3.80. The second-order valence-corrected chi connectivity index (χ2v) is 8.46. The van der Waals surface area contributed by atoms with Crippen LogP contribution in [0.15, 0.2) is 64.0 Å². The molecule has 0 bridgehead atoms. The second kappa shape index (κ2) is 7.90. The Morgan fingerprint density at radius 3 is 2.29 bits per heavy atom. The van der Waals surface area contributed by atoms with E-state index in [4.69, 9.17) is 10.3 Å². The number of nitrogens with two attached hydrogens (primary N) is 1. The molecule has 4 rings (SSSR count). The van der Waals surface area contributed by atoms with Gasteiger partial charge in [-0.05, 0) is 49.2 Å². The maximum Gasteiger partial charge on any atom is 0.261 e. The van der Waals surface area contributed by atoms with Gasteiger partial charge < -0.3 is 10.3 Å². The highest BCUT2D eigenvalue weighted by atomic mass is 35.5. The summed E-state index contributed by atoms with van der Waals surface area (Å²) in [5.41, 5.74) is 6.99. The number of para-hydroxylation sites is 1. The Labute approximate surface area is 169 Å². The van der Waals surface area contributed by atoms with Crippen molar-refractivity contribution in [1.29, 1.82) is 0 Å². The topological polar surface area (TPSA) is 111 Å². The normalized spacial score (nSPS) is 15.8. The van der Waals surface area contributed by atoms with Crippen LogP contribution in [0.25, 0.3) is 11.5 Å². The molecule has 2 aromatic carbocycles. The van der Waals surface area contributed by atoms with Crippen LogP contribution in [0.3, 0.4) is 0 Å². The van der Waals surface area contributed by atoms with Crippen molar-refractivity contribution in [3.05, 3.63) is 60.4 Å². The van der Waals surface area contributed by atoms with Gasteiger partial charge in [-0.15, -0.1) is 12.4 Å². The Kier molecular flexibility index (Phi) is 5.74. The fourth-order valence-electron chi connectivity index (χ4n) is 3.27. The van der Waals surface area contributed by atoms with Gasteiger partial charge in [-0.2, -0.15) is 4.98 Å². The van der Waals surface area contributed by atoms with Crippen molar-refractivity contribution in [2.45, 2.75) is 36.1 Å². The van der Waals surface area contributed by atoms with E-state index in [-0.39, 0.29) is 17.3 Å². The Morgan fingerprint density at radius 2 is 1.64 bits per heavy atom. The molecule has 1 aliphatic carbocycles.